The molecule has 1 amide bonds. The number of nitrogens with one attached hydrogen (secondary N) is 1. The molecule has 1 aliphatic rings. The van der Waals surface area contributed by atoms with E-state index in [1.165, 1.54) is 334 Å². The molecule has 9 heteroatoms. The SMILES string of the molecule is CCCCCCC/C=C\C/C=C\C/C=C\CCCCCCCCCCCCCCCCCCCCCCCCCCCCC(=O)NC(COC1OC(CO)C(O)C(O)C1O)C(O)/C=C/CC/C=C/CCCCCCCCCCCCCCCCCCCCCCCC. The molecule has 1 saturated heterocycles. The molecule has 540 valence electrons. The van der Waals surface area contributed by atoms with Crippen molar-refractivity contribution in [3.05, 3.63) is 60.8 Å². The number of carbonyl (C=O) groups is 1. The maximum atomic E-state index is 13.2. The number of unbranched alkanes of at least 4 members (excludes halogenated alkanes) is 54. The van der Waals surface area contributed by atoms with Crippen molar-refractivity contribution in [3.63, 3.8) is 0 Å². The summed E-state index contributed by atoms with van der Waals surface area (Å²) in [7, 11) is 0. The van der Waals surface area contributed by atoms with Crippen LogP contribution >= 0.6 is 0 Å². The maximum Gasteiger partial charge on any atom is 0.220 e. The van der Waals surface area contributed by atoms with Crippen molar-refractivity contribution in [2.75, 3.05) is 13.2 Å². The van der Waals surface area contributed by atoms with Crippen molar-refractivity contribution >= 4 is 5.91 Å². The van der Waals surface area contributed by atoms with Crippen molar-refractivity contribution < 1.29 is 39.8 Å². The first-order valence-corrected chi connectivity index (χ1v) is 40.5. The number of aliphatic hydroxyl groups excluding tert-OH is 5. The Morgan fingerprint density at radius 3 is 0.989 bits per heavy atom. The zero-order valence-corrected chi connectivity index (χ0v) is 60.8. The second kappa shape index (κ2) is 71.7. The summed E-state index contributed by atoms with van der Waals surface area (Å²) in [6, 6.07) is -0.824. The zero-order valence-electron chi connectivity index (χ0n) is 60.8. The molecule has 0 aromatic heterocycles. The van der Waals surface area contributed by atoms with Crippen LogP contribution in [0.15, 0.2) is 60.8 Å². The zero-order chi connectivity index (χ0) is 66.4. The van der Waals surface area contributed by atoms with E-state index in [-0.39, 0.29) is 12.5 Å². The minimum atomic E-state index is -1.57. The van der Waals surface area contributed by atoms with Gasteiger partial charge < -0.3 is 40.3 Å². The molecule has 1 rings (SSSR count). The largest absolute Gasteiger partial charge is 0.394 e. The summed E-state index contributed by atoms with van der Waals surface area (Å²) in [5.41, 5.74) is 0. The molecule has 92 heavy (non-hydrogen) atoms. The summed E-state index contributed by atoms with van der Waals surface area (Å²) >= 11 is 0. The number of amides is 1. The van der Waals surface area contributed by atoms with E-state index in [0.717, 1.165) is 51.4 Å². The third kappa shape index (κ3) is 59.2. The molecule has 0 aromatic carbocycles. The summed E-state index contributed by atoms with van der Waals surface area (Å²) in [5.74, 6) is -0.179. The van der Waals surface area contributed by atoms with E-state index in [4.69, 9.17) is 9.47 Å². The molecule has 1 aliphatic heterocycles. The van der Waals surface area contributed by atoms with Gasteiger partial charge in [0.15, 0.2) is 6.29 Å². The van der Waals surface area contributed by atoms with Crippen LogP contribution in [0.1, 0.15) is 406 Å². The predicted molar refractivity (Wildman–Crippen MR) is 396 cm³/mol. The number of allylic oxidation sites excluding steroid dienone is 9. The Labute approximate surface area is 570 Å². The van der Waals surface area contributed by atoms with E-state index in [9.17, 15) is 30.3 Å². The van der Waals surface area contributed by atoms with Gasteiger partial charge in [-0.2, -0.15) is 0 Å². The fourth-order valence-electron chi connectivity index (χ4n) is 13.0. The summed E-state index contributed by atoms with van der Waals surface area (Å²) in [6.45, 7) is 3.81. The van der Waals surface area contributed by atoms with Crippen LogP contribution in [0.5, 0.6) is 0 Å². The van der Waals surface area contributed by atoms with Gasteiger partial charge in [-0.15, -0.1) is 0 Å². The van der Waals surface area contributed by atoms with Crippen LogP contribution in [0.4, 0.5) is 0 Å². The first kappa shape index (κ1) is 87.9. The highest BCUT2D eigenvalue weighted by Gasteiger charge is 2.44. The van der Waals surface area contributed by atoms with Crippen molar-refractivity contribution in [1.29, 1.82) is 0 Å². The Kier molecular flexibility index (Phi) is 68.5. The fourth-order valence-corrected chi connectivity index (χ4v) is 13.0. The highest BCUT2D eigenvalue weighted by Crippen LogP contribution is 2.24. The fraction of sp³-hybridized carbons (Fsp3) is 0.867. The first-order chi connectivity index (χ1) is 45.3. The minimum Gasteiger partial charge on any atom is -0.394 e. The number of hydrogen-bond acceptors (Lipinski definition) is 8. The van der Waals surface area contributed by atoms with Gasteiger partial charge in [0.2, 0.25) is 5.91 Å². The normalized spacial score (nSPS) is 17.9. The molecule has 0 aromatic rings. The van der Waals surface area contributed by atoms with Gasteiger partial charge in [-0.1, -0.05) is 389 Å². The average molecular weight is 1300 g/mol. The van der Waals surface area contributed by atoms with Crippen LogP contribution in [0, 0.1) is 0 Å². The number of hydrogen-bond donors (Lipinski definition) is 6. The predicted octanol–water partition coefficient (Wildman–Crippen LogP) is 23.3. The molecule has 0 aliphatic carbocycles. The Morgan fingerprint density at radius 2 is 0.652 bits per heavy atom. The Morgan fingerprint density at radius 1 is 0.370 bits per heavy atom. The Balaban J connectivity index is 2.05. The molecule has 7 unspecified atom stereocenters. The van der Waals surface area contributed by atoms with E-state index < -0.39 is 49.5 Å². The maximum absolute atomic E-state index is 13.2. The number of carbonyl (C=O) groups excluding carboxylic acids is 1. The third-order valence-corrected chi connectivity index (χ3v) is 19.3. The van der Waals surface area contributed by atoms with E-state index in [1.54, 1.807) is 6.08 Å². The van der Waals surface area contributed by atoms with Crippen LogP contribution < -0.4 is 5.32 Å². The third-order valence-electron chi connectivity index (χ3n) is 19.3. The van der Waals surface area contributed by atoms with Crippen molar-refractivity contribution in [1.82, 2.24) is 5.32 Å². The van der Waals surface area contributed by atoms with Crippen LogP contribution in [-0.2, 0) is 14.3 Å². The average Bonchev–Trinajstić information content (AvgIpc) is 1.00. The molecule has 0 bridgehead atoms. The van der Waals surface area contributed by atoms with Gasteiger partial charge in [0, 0.05) is 6.42 Å². The lowest BCUT2D eigenvalue weighted by Crippen LogP contribution is -2.60. The molecule has 0 saturated carbocycles. The number of aliphatic hydroxyl groups is 5. The van der Waals surface area contributed by atoms with Gasteiger partial charge in [-0.3, -0.25) is 4.79 Å². The molecule has 9 nitrogen and oxygen atoms in total. The van der Waals surface area contributed by atoms with Crippen LogP contribution in [0.3, 0.4) is 0 Å². The molecule has 1 heterocycles. The Bertz CT molecular complexity index is 1650. The second-order valence-corrected chi connectivity index (χ2v) is 28.2. The van der Waals surface area contributed by atoms with Gasteiger partial charge in [0.05, 0.1) is 25.4 Å². The summed E-state index contributed by atoms with van der Waals surface area (Å²) in [5, 5.41) is 54.9. The van der Waals surface area contributed by atoms with E-state index in [2.05, 4.69) is 67.8 Å². The summed E-state index contributed by atoms with van der Waals surface area (Å²) in [4.78, 5) is 13.2. The van der Waals surface area contributed by atoms with Crippen LogP contribution in [0.2, 0.25) is 0 Å². The van der Waals surface area contributed by atoms with Crippen LogP contribution in [0.25, 0.3) is 0 Å². The highest BCUT2D eigenvalue weighted by molar-refractivity contribution is 5.76. The lowest BCUT2D eigenvalue weighted by molar-refractivity contribution is -0.302. The van der Waals surface area contributed by atoms with Crippen molar-refractivity contribution in [2.45, 2.75) is 448 Å². The van der Waals surface area contributed by atoms with Gasteiger partial charge in [0.25, 0.3) is 0 Å². The van der Waals surface area contributed by atoms with E-state index in [1.807, 2.05) is 6.08 Å². The minimum absolute atomic E-state index is 0.179. The number of rotatable bonds is 72. The monoisotopic (exact) mass is 1290 g/mol. The molecule has 0 radical (unpaired) electrons. The first-order valence-electron chi connectivity index (χ1n) is 40.5. The molecule has 6 N–H and O–H groups in total. The second-order valence-electron chi connectivity index (χ2n) is 28.2. The summed E-state index contributed by atoms with van der Waals surface area (Å²) < 4.78 is 11.3. The van der Waals surface area contributed by atoms with Gasteiger partial charge in [-0.25, -0.2) is 0 Å². The lowest BCUT2D eigenvalue weighted by atomic mass is 9.99. The van der Waals surface area contributed by atoms with Crippen molar-refractivity contribution in [3.8, 4) is 0 Å². The van der Waals surface area contributed by atoms with E-state index in [0.29, 0.717) is 6.42 Å². The quantitative estimate of drug-likeness (QED) is 0.0261. The molecule has 0 spiro atoms. The van der Waals surface area contributed by atoms with Crippen LogP contribution in [-0.4, -0.2) is 87.5 Å². The molecule has 1 fully saturated rings. The van der Waals surface area contributed by atoms with Crippen molar-refractivity contribution in [2.24, 2.45) is 0 Å². The lowest BCUT2D eigenvalue weighted by Gasteiger charge is -2.40. The van der Waals surface area contributed by atoms with Gasteiger partial charge in [-0.05, 0) is 70.6 Å². The standard InChI is InChI=1S/C83H155NO8/c1-3-5-7-9-11-13-15-17-19-21-23-25-27-29-31-33-34-35-36-37-38-39-40-41-42-43-44-45-47-49-51-53-55-57-59-61-63-65-67-69-71-73-79(87)84-76(75-91-83-82(90)81(89)80(88)78(74-85)92-83)77(86)72-70-68-66-64-62-60-58-56-54-52-50-48-46-32-30-28-26-24-22-20-18-16-14-12-10-8-6-4-2/h15,17,21,23,27,29,62,64,70,72,76-78,80-83,85-86,88-90H,3-14,16,18-20,22,24-26,28,30-61,63,65-69,71,73-75H2,1-2H3,(H,84,87)/b17-15-,23-21-,29-27-,64-62+,72-70+. The van der Waals surface area contributed by atoms with E-state index >= 15 is 0 Å². The van der Waals surface area contributed by atoms with Gasteiger partial charge >= 0.3 is 0 Å². The molecular formula is C83H155NO8. The highest BCUT2D eigenvalue weighted by atomic mass is 16.7. The molecular weight excluding hydrogens is 1140 g/mol. The summed E-state index contributed by atoms with van der Waals surface area (Å²) in [6.07, 6.45) is 93.8. The molecule has 7 atom stereocenters. The Hall–Kier alpha value is -2.11. The van der Waals surface area contributed by atoms with Gasteiger partial charge in [0.1, 0.15) is 24.4 Å². The smallest absolute Gasteiger partial charge is 0.220 e. The number of ether oxygens (including phenoxy) is 2. The topological polar surface area (TPSA) is 149 Å².